The second-order valence-electron chi connectivity index (χ2n) is 6.25. The van der Waals surface area contributed by atoms with Crippen LogP contribution in [0, 0.1) is 5.82 Å². The van der Waals surface area contributed by atoms with E-state index >= 15 is 0 Å². The first-order valence-corrected chi connectivity index (χ1v) is 8.41. The van der Waals surface area contributed by atoms with E-state index in [1.54, 1.807) is 26.1 Å². The van der Waals surface area contributed by atoms with Gasteiger partial charge in [-0.1, -0.05) is 11.6 Å². The number of likely N-dealkylation sites (N-methyl/N-ethyl adjacent to an activating group) is 1. The lowest BCUT2D eigenvalue weighted by atomic mass is 10.0. The third-order valence-electron chi connectivity index (χ3n) is 3.82. The maximum atomic E-state index is 14.2. The van der Waals surface area contributed by atoms with Gasteiger partial charge in [-0.2, -0.15) is 0 Å². The van der Waals surface area contributed by atoms with Crippen LogP contribution in [0.1, 0.15) is 25.1 Å². The van der Waals surface area contributed by atoms with E-state index in [0.29, 0.717) is 22.8 Å². The molecule has 9 heteroatoms. The van der Waals surface area contributed by atoms with Crippen molar-refractivity contribution < 1.29 is 13.5 Å². The molecule has 0 saturated carbocycles. The minimum atomic E-state index is -1.05. The summed E-state index contributed by atoms with van der Waals surface area (Å²) in [5.74, 6) is -0.684. The molecule has 142 valence electrons. The second-order valence-corrected chi connectivity index (χ2v) is 6.69. The Morgan fingerprint density at radius 2 is 2.15 bits per heavy atom. The van der Waals surface area contributed by atoms with Gasteiger partial charge in [0, 0.05) is 34.2 Å². The molecule has 3 aromatic rings. The number of amides is 1. The summed E-state index contributed by atoms with van der Waals surface area (Å²) < 4.78 is 14.2. The Hall–Kier alpha value is -2.74. The van der Waals surface area contributed by atoms with Crippen LogP contribution in [0.5, 0.6) is 0 Å². The molecule has 0 fully saturated rings. The molecule has 3 rings (SSSR count). The van der Waals surface area contributed by atoms with Gasteiger partial charge in [0.2, 0.25) is 5.91 Å². The van der Waals surface area contributed by atoms with Crippen molar-refractivity contribution in [3.63, 3.8) is 0 Å². The summed E-state index contributed by atoms with van der Waals surface area (Å²) >= 11 is 6.01. The van der Waals surface area contributed by atoms with Crippen LogP contribution in [-0.4, -0.2) is 37.9 Å². The van der Waals surface area contributed by atoms with Gasteiger partial charge in [0.25, 0.3) is 0 Å². The molecule has 0 atom stereocenters. The fourth-order valence-corrected chi connectivity index (χ4v) is 2.64. The number of anilines is 1. The number of nitrogens with one attached hydrogen (secondary N) is 3. The summed E-state index contributed by atoms with van der Waals surface area (Å²) in [6.45, 7) is 5.58. The summed E-state index contributed by atoms with van der Waals surface area (Å²) in [7, 11) is 0. The zero-order chi connectivity index (χ0) is 18.9. The minimum absolute atomic E-state index is 0. The van der Waals surface area contributed by atoms with Gasteiger partial charge in [-0.15, -0.1) is 0 Å². The highest BCUT2D eigenvalue weighted by Crippen LogP contribution is 2.28. The van der Waals surface area contributed by atoms with Crippen molar-refractivity contribution in [3.05, 3.63) is 35.5 Å². The molecule has 26 heavy (non-hydrogen) atoms. The first-order valence-electron chi connectivity index (χ1n) is 8.04. The lowest BCUT2D eigenvalue weighted by Gasteiger charge is -2.25. The number of hydrogen-bond acceptors (Lipinski definition) is 5. The third-order valence-corrected chi connectivity index (χ3v) is 4.03. The van der Waals surface area contributed by atoms with E-state index in [0.717, 1.165) is 11.6 Å². The Labute approximate surface area is 158 Å². The maximum Gasteiger partial charge on any atom is 0.245 e. The van der Waals surface area contributed by atoms with Crippen LogP contribution < -0.4 is 10.6 Å². The molecule has 7 nitrogen and oxygen atoms in total. The molecule has 3 heterocycles. The van der Waals surface area contributed by atoms with E-state index in [-0.39, 0.29) is 21.8 Å². The number of aromatic amines is 1. The number of rotatable bonds is 5. The maximum absolute atomic E-state index is 14.2. The predicted octanol–water partition coefficient (Wildman–Crippen LogP) is 3.88. The fourth-order valence-electron chi connectivity index (χ4n) is 2.48. The lowest BCUT2D eigenvalue weighted by Crippen LogP contribution is -2.48. The smallest absolute Gasteiger partial charge is 0.245 e. The highest BCUT2D eigenvalue weighted by Gasteiger charge is 2.28. The van der Waals surface area contributed by atoms with Crippen LogP contribution in [0.4, 0.5) is 10.2 Å². The van der Waals surface area contributed by atoms with Crippen molar-refractivity contribution in [2.75, 3.05) is 11.9 Å². The van der Waals surface area contributed by atoms with E-state index in [9.17, 15) is 9.18 Å². The van der Waals surface area contributed by atoms with Crippen LogP contribution >= 0.6 is 11.6 Å². The number of carbonyl (C=O) groups excluding carboxylic acids is 1. The van der Waals surface area contributed by atoms with Crippen molar-refractivity contribution in [2.45, 2.75) is 26.3 Å². The number of pyridine rings is 1. The molecule has 3 aromatic heterocycles. The summed E-state index contributed by atoms with van der Waals surface area (Å²) in [5, 5.41) is 6.73. The average Bonchev–Trinajstić information content (AvgIpc) is 3.00. The molecular formula is C17H24ClFN6O. The molecule has 3 N–H and O–H groups in total. The summed E-state index contributed by atoms with van der Waals surface area (Å²) in [5.41, 5.74) is 0.205. The van der Waals surface area contributed by atoms with Crippen LogP contribution in [-0.2, 0) is 4.79 Å². The quantitative estimate of drug-likeness (QED) is 0.622. The highest BCUT2D eigenvalue weighted by atomic mass is 35.5. The molecule has 0 saturated heterocycles. The Morgan fingerprint density at radius 1 is 1.38 bits per heavy atom. The van der Waals surface area contributed by atoms with Crippen molar-refractivity contribution in [2.24, 2.45) is 0 Å². The molecule has 0 unspecified atom stereocenters. The number of halogens is 2. The van der Waals surface area contributed by atoms with Crippen LogP contribution in [0.15, 0.2) is 24.7 Å². The minimum Gasteiger partial charge on any atom is -0.354 e. The van der Waals surface area contributed by atoms with E-state index < -0.39 is 11.4 Å². The van der Waals surface area contributed by atoms with Gasteiger partial charge in [0.15, 0.2) is 17.5 Å². The van der Waals surface area contributed by atoms with Crippen LogP contribution in [0.3, 0.4) is 0 Å². The van der Waals surface area contributed by atoms with Gasteiger partial charge in [0.05, 0.1) is 11.2 Å². The Balaban J connectivity index is 0.00000261. The van der Waals surface area contributed by atoms with Gasteiger partial charge in [-0.05, 0) is 26.8 Å². The highest BCUT2D eigenvalue weighted by molar-refractivity contribution is 6.31. The topological polar surface area (TPSA) is 95.6 Å². The fraction of sp³-hybridized carbons (Fsp3) is 0.294. The molecule has 0 aromatic carbocycles. The number of hydrogen-bond donors (Lipinski definition) is 3. The first kappa shape index (κ1) is 18.1. The standard InChI is InChI=1S/C17H18ClFN6O.3H2/c1-4-20-16(26)17(2,3)25-15-12(19)8-23-14(24-15)11-7-22-13-10(11)5-9(18)6-21-13;;;/h5-8H,4H2,1-3H3,(H,20,26)(H,21,22)(H,23,24,25);3*1H. The number of fused-ring (bicyclic) bond motifs is 1. The van der Waals surface area contributed by atoms with E-state index in [1.807, 2.05) is 6.92 Å². The normalized spacial score (nSPS) is 11.6. The Bertz CT molecular complexity index is 985. The summed E-state index contributed by atoms with van der Waals surface area (Å²) in [6, 6.07) is 1.73. The molecule has 0 radical (unpaired) electrons. The first-order chi connectivity index (χ1) is 12.3. The second kappa shape index (κ2) is 6.87. The van der Waals surface area contributed by atoms with Gasteiger partial charge < -0.3 is 15.6 Å². The molecule has 0 aliphatic heterocycles. The van der Waals surface area contributed by atoms with Crippen molar-refractivity contribution in [1.29, 1.82) is 0 Å². The van der Waals surface area contributed by atoms with Gasteiger partial charge >= 0.3 is 0 Å². The molecule has 0 aliphatic carbocycles. The number of H-pyrrole nitrogens is 1. The Kier molecular flexibility index (Phi) is 4.78. The van der Waals surface area contributed by atoms with Crippen molar-refractivity contribution in [1.82, 2.24) is 25.3 Å². The van der Waals surface area contributed by atoms with Crippen molar-refractivity contribution in [3.8, 4) is 11.4 Å². The van der Waals surface area contributed by atoms with Gasteiger partial charge in [-0.25, -0.2) is 19.3 Å². The summed E-state index contributed by atoms with van der Waals surface area (Å²) in [4.78, 5) is 27.6. The zero-order valence-corrected chi connectivity index (χ0v) is 15.3. The summed E-state index contributed by atoms with van der Waals surface area (Å²) in [6.07, 6.45) is 4.27. The number of aromatic nitrogens is 4. The van der Waals surface area contributed by atoms with Crippen LogP contribution in [0.25, 0.3) is 22.4 Å². The van der Waals surface area contributed by atoms with E-state index in [1.165, 1.54) is 6.20 Å². The monoisotopic (exact) mass is 382 g/mol. The average molecular weight is 383 g/mol. The van der Waals surface area contributed by atoms with Gasteiger partial charge in [-0.3, -0.25) is 4.79 Å². The SMILES string of the molecule is CCNC(=O)C(C)(C)Nc1nc(-c2c[nH]c3ncc(Cl)cc23)ncc1F.[HH].[HH].[HH]. The van der Waals surface area contributed by atoms with Crippen molar-refractivity contribution >= 4 is 34.4 Å². The Morgan fingerprint density at radius 3 is 2.88 bits per heavy atom. The molecule has 1 amide bonds. The largest absolute Gasteiger partial charge is 0.354 e. The third kappa shape index (κ3) is 3.45. The lowest BCUT2D eigenvalue weighted by molar-refractivity contribution is -0.124. The predicted molar refractivity (Wildman–Crippen MR) is 105 cm³/mol. The number of nitrogens with zero attached hydrogens (tertiary/aromatic N) is 3. The molecular weight excluding hydrogens is 359 g/mol. The van der Waals surface area contributed by atoms with Gasteiger partial charge in [0.1, 0.15) is 11.2 Å². The molecule has 0 bridgehead atoms. The molecule has 0 aliphatic rings. The van der Waals surface area contributed by atoms with E-state index in [4.69, 9.17) is 11.6 Å². The zero-order valence-electron chi connectivity index (χ0n) is 14.5. The van der Waals surface area contributed by atoms with E-state index in [2.05, 4.69) is 30.6 Å². The number of carbonyl (C=O) groups is 1. The van der Waals surface area contributed by atoms with Crippen LogP contribution in [0.2, 0.25) is 5.02 Å². The molecule has 0 spiro atoms.